The number of hydrogen-bond donors (Lipinski definition) is 1. The van der Waals surface area contributed by atoms with Crippen molar-refractivity contribution in [3.05, 3.63) is 59.1 Å². The quantitative estimate of drug-likeness (QED) is 0.529. The summed E-state index contributed by atoms with van der Waals surface area (Å²) in [6.45, 7) is 1.08. The highest BCUT2D eigenvalue weighted by molar-refractivity contribution is 7.92. The number of rotatable bonds is 8. The summed E-state index contributed by atoms with van der Waals surface area (Å²) in [5.74, 6) is -0.712. The Balaban J connectivity index is 1.89. The molecule has 144 valence electrons. The standard InChI is InChI=1S/C18H18ClNO6S/c1-12(26-17(21)11-25-16-5-3-4-14(19)10-16)18(22)13-6-8-15(9-7-13)20-27(2,23)24/h3-10,12,20H,11H2,1-2H3/t12-/m1/s1. The lowest BCUT2D eigenvalue weighted by atomic mass is 10.1. The Hall–Kier alpha value is -2.58. The summed E-state index contributed by atoms with van der Waals surface area (Å²) in [5, 5.41) is 0.471. The highest BCUT2D eigenvalue weighted by Crippen LogP contribution is 2.17. The van der Waals surface area contributed by atoms with Crippen molar-refractivity contribution in [2.24, 2.45) is 0 Å². The number of carbonyl (C=O) groups excluding carboxylic acids is 2. The average molecular weight is 412 g/mol. The first-order chi connectivity index (χ1) is 12.6. The molecule has 0 aliphatic rings. The number of nitrogens with one attached hydrogen (secondary N) is 1. The number of sulfonamides is 1. The van der Waals surface area contributed by atoms with Crippen LogP contribution in [-0.4, -0.2) is 39.1 Å². The molecule has 27 heavy (non-hydrogen) atoms. The minimum absolute atomic E-state index is 0.283. The van der Waals surface area contributed by atoms with E-state index in [1.807, 2.05) is 0 Å². The van der Waals surface area contributed by atoms with Crippen LogP contribution in [0.4, 0.5) is 5.69 Å². The van der Waals surface area contributed by atoms with Crippen molar-refractivity contribution in [3.63, 3.8) is 0 Å². The van der Waals surface area contributed by atoms with Gasteiger partial charge in [0.15, 0.2) is 12.7 Å². The fraction of sp³-hybridized carbons (Fsp3) is 0.222. The van der Waals surface area contributed by atoms with Gasteiger partial charge in [-0.05, 0) is 49.4 Å². The zero-order valence-corrected chi connectivity index (χ0v) is 16.2. The Kier molecular flexibility index (Phi) is 6.81. The van der Waals surface area contributed by atoms with Crippen molar-refractivity contribution in [1.82, 2.24) is 0 Å². The van der Waals surface area contributed by atoms with E-state index in [0.717, 1.165) is 6.26 Å². The van der Waals surface area contributed by atoms with Crippen molar-refractivity contribution in [2.45, 2.75) is 13.0 Å². The predicted molar refractivity (Wildman–Crippen MR) is 102 cm³/mol. The monoisotopic (exact) mass is 411 g/mol. The Morgan fingerprint density at radius 3 is 2.41 bits per heavy atom. The van der Waals surface area contributed by atoms with E-state index in [1.54, 1.807) is 24.3 Å². The number of halogens is 1. The van der Waals surface area contributed by atoms with Crippen molar-refractivity contribution in [3.8, 4) is 5.75 Å². The highest BCUT2D eigenvalue weighted by atomic mass is 35.5. The molecule has 1 N–H and O–H groups in total. The maximum Gasteiger partial charge on any atom is 0.344 e. The van der Waals surface area contributed by atoms with Crippen LogP contribution in [0.15, 0.2) is 48.5 Å². The second-order valence-electron chi connectivity index (χ2n) is 5.69. The number of carbonyl (C=O) groups is 2. The average Bonchev–Trinajstić information content (AvgIpc) is 2.58. The van der Waals surface area contributed by atoms with Crippen molar-refractivity contribution in [2.75, 3.05) is 17.6 Å². The van der Waals surface area contributed by atoms with Gasteiger partial charge in [-0.25, -0.2) is 13.2 Å². The summed E-state index contributed by atoms with van der Waals surface area (Å²) in [4.78, 5) is 24.2. The summed E-state index contributed by atoms with van der Waals surface area (Å²) in [5.41, 5.74) is 0.610. The van der Waals surface area contributed by atoms with Crippen LogP contribution in [0.5, 0.6) is 5.75 Å². The third-order valence-corrected chi connectivity index (χ3v) is 4.14. The third-order valence-electron chi connectivity index (χ3n) is 3.30. The van der Waals surface area contributed by atoms with E-state index >= 15 is 0 Å². The molecule has 2 aromatic carbocycles. The molecule has 0 spiro atoms. The number of hydrogen-bond acceptors (Lipinski definition) is 6. The molecule has 1 atom stereocenters. The van der Waals surface area contributed by atoms with Crippen LogP contribution in [-0.2, 0) is 19.6 Å². The van der Waals surface area contributed by atoms with E-state index in [0.29, 0.717) is 16.5 Å². The van der Waals surface area contributed by atoms with Gasteiger partial charge in [0.05, 0.1) is 6.26 Å². The molecule has 0 radical (unpaired) electrons. The fourth-order valence-corrected chi connectivity index (χ4v) is 2.88. The van der Waals surface area contributed by atoms with Gasteiger partial charge in [-0.3, -0.25) is 9.52 Å². The van der Waals surface area contributed by atoms with E-state index < -0.39 is 27.9 Å². The Morgan fingerprint density at radius 1 is 1.15 bits per heavy atom. The number of Topliss-reactive ketones (excluding diaryl/α,β-unsaturated/α-hetero) is 1. The Morgan fingerprint density at radius 2 is 1.81 bits per heavy atom. The lowest BCUT2D eigenvalue weighted by molar-refractivity contribution is -0.148. The molecule has 0 heterocycles. The van der Waals surface area contributed by atoms with Crippen LogP contribution in [0.3, 0.4) is 0 Å². The first-order valence-corrected chi connectivity index (χ1v) is 10.1. The lowest BCUT2D eigenvalue weighted by Crippen LogP contribution is -2.27. The zero-order chi connectivity index (χ0) is 20.0. The lowest BCUT2D eigenvalue weighted by Gasteiger charge is -2.13. The van der Waals surface area contributed by atoms with Gasteiger partial charge >= 0.3 is 5.97 Å². The number of ether oxygens (including phenoxy) is 2. The number of ketones is 1. The number of anilines is 1. The molecule has 0 aliphatic carbocycles. The maximum absolute atomic E-state index is 12.3. The summed E-state index contributed by atoms with van der Waals surface area (Å²) >= 11 is 5.82. The maximum atomic E-state index is 12.3. The van der Waals surface area contributed by atoms with Crippen LogP contribution < -0.4 is 9.46 Å². The fourth-order valence-electron chi connectivity index (χ4n) is 2.14. The smallest absolute Gasteiger partial charge is 0.344 e. The first-order valence-electron chi connectivity index (χ1n) is 7.84. The number of esters is 1. The van der Waals surface area contributed by atoms with Gasteiger partial charge in [0.1, 0.15) is 5.75 Å². The SMILES string of the molecule is C[C@@H](OC(=O)COc1cccc(Cl)c1)C(=O)c1ccc(NS(C)(=O)=O)cc1. The van der Waals surface area contributed by atoms with E-state index in [9.17, 15) is 18.0 Å². The third kappa shape index (κ3) is 6.92. The molecule has 0 fully saturated rings. The largest absolute Gasteiger partial charge is 0.482 e. The molecule has 0 aromatic heterocycles. The van der Waals surface area contributed by atoms with Gasteiger partial charge in [0.25, 0.3) is 0 Å². The molecule has 7 nitrogen and oxygen atoms in total. The van der Waals surface area contributed by atoms with Gasteiger partial charge in [-0.2, -0.15) is 0 Å². The molecular weight excluding hydrogens is 394 g/mol. The highest BCUT2D eigenvalue weighted by Gasteiger charge is 2.20. The minimum Gasteiger partial charge on any atom is -0.482 e. The van der Waals surface area contributed by atoms with Crippen LogP contribution in [0, 0.1) is 0 Å². The van der Waals surface area contributed by atoms with Crippen molar-refractivity contribution < 1.29 is 27.5 Å². The topological polar surface area (TPSA) is 98.8 Å². The van der Waals surface area contributed by atoms with Gasteiger partial charge < -0.3 is 9.47 Å². The molecule has 0 amide bonds. The van der Waals surface area contributed by atoms with Gasteiger partial charge in [0, 0.05) is 16.3 Å². The molecule has 0 saturated carbocycles. The molecule has 0 bridgehead atoms. The summed E-state index contributed by atoms with van der Waals surface area (Å²) in [7, 11) is -3.40. The molecule has 2 rings (SSSR count). The summed E-state index contributed by atoms with van der Waals surface area (Å²) < 4.78 is 35.0. The van der Waals surface area contributed by atoms with Gasteiger partial charge in [-0.1, -0.05) is 17.7 Å². The van der Waals surface area contributed by atoms with E-state index in [1.165, 1.54) is 31.2 Å². The van der Waals surface area contributed by atoms with Crippen LogP contribution in [0.2, 0.25) is 5.02 Å². The molecule has 0 aliphatic heterocycles. The van der Waals surface area contributed by atoms with Gasteiger partial charge in [0.2, 0.25) is 15.8 Å². The van der Waals surface area contributed by atoms with Crippen LogP contribution >= 0.6 is 11.6 Å². The molecular formula is C18H18ClNO6S. The Labute approximate surface area is 162 Å². The van der Waals surface area contributed by atoms with Crippen molar-refractivity contribution >= 4 is 39.1 Å². The van der Waals surface area contributed by atoms with Gasteiger partial charge in [-0.15, -0.1) is 0 Å². The summed E-state index contributed by atoms with van der Waals surface area (Å²) in [6.07, 6.45) is 0.00756. The molecule has 9 heteroatoms. The normalized spacial score (nSPS) is 12.1. The van der Waals surface area contributed by atoms with Crippen molar-refractivity contribution in [1.29, 1.82) is 0 Å². The van der Waals surface area contributed by atoms with E-state index in [4.69, 9.17) is 21.1 Å². The van der Waals surface area contributed by atoms with E-state index in [2.05, 4.69) is 4.72 Å². The predicted octanol–water partition coefficient (Wildman–Crippen LogP) is 2.90. The van der Waals surface area contributed by atoms with Crippen LogP contribution in [0.1, 0.15) is 17.3 Å². The van der Waals surface area contributed by atoms with E-state index in [-0.39, 0.29) is 12.2 Å². The molecule has 0 unspecified atom stereocenters. The summed E-state index contributed by atoms with van der Waals surface area (Å²) in [6, 6.07) is 12.3. The second kappa shape index (κ2) is 8.88. The Bertz CT molecular complexity index is 927. The second-order valence-corrected chi connectivity index (χ2v) is 7.88. The minimum atomic E-state index is -3.40. The van der Waals surface area contributed by atoms with Crippen LogP contribution in [0.25, 0.3) is 0 Å². The molecule has 0 saturated heterocycles. The first kappa shape index (κ1) is 20.7. The number of benzene rings is 2. The zero-order valence-electron chi connectivity index (χ0n) is 14.6. The molecule has 2 aromatic rings.